The highest BCUT2D eigenvalue weighted by Gasteiger charge is 2.16. The molecule has 1 aliphatic heterocycles. The number of aryl methyl sites for hydroxylation is 1. The van der Waals surface area contributed by atoms with Gasteiger partial charge in [0, 0.05) is 29.3 Å². The number of ether oxygens (including phenoxy) is 1. The van der Waals surface area contributed by atoms with Crippen molar-refractivity contribution in [1.29, 1.82) is 0 Å². The zero-order valence-corrected chi connectivity index (χ0v) is 13.8. The number of H-pyrrole nitrogens is 1. The number of rotatable bonds is 6. The molecular weight excluding hydrogens is 310 g/mol. The number of carbonyl (C=O) groups is 1. The van der Waals surface area contributed by atoms with Crippen molar-refractivity contribution < 1.29 is 9.53 Å². The lowest BCUT2D eigenvalue weighted by Gasteiger charge is -2.17. The molecule has 6 heteroatoms. The van der Waals surface area contributed by atoms with Crippen molar-refractivity contribution in [2.75, 3.05) is 18.9 Å². The number of hydrogen-bond donors (Lipinski definition) is 2. The summed E-state index contributed by atoms with van der Waals surface area (Å²) in [5.41, 5.74) is 3.79. The van der Waals surface area contributed by atoms with E-state index in [1.807, 2.05) is 37.3 Å². The summed E-state index contributed by atoms with van der Waals surface area (Å²) in [5.74, 6) is 2.47. The molecule has 0 atom stereocenters. The third kappa shape index (κ3) is 3.96. The zero-order valence-electron chi connectivity index (χ0n) is 13.0. The first-order chi connectivity index (χ1) is 11.2. The van der Waals surface area contributed by atoms with Gasteiger partial charge in [-0.25, -0.2) is 4.98 Å². The molecule has 2 aromatic rings. The molecule has 0 unspecified atom stereocenters. The quantitative estimate of drug-likeness (QED) is 0.799. The van der Waals surface area contributed by atoms with Crippen molar-refractivity contribution in [3.8, 4) is 5.75 Å². The van der Waals surface area contributed by atoms with Gasteiger partial charge in [0.15, 0.2) is 0 Å². The summed E-state index contributed by atoms with van der Waals surface area (Å²) in [6.45, 7) is 2.96. The Morgan fingerprint density at radius 2 is 2.30 bits per heavy atom. The fourth-order valence-electron chi connectivity index (χ4n) is 2.30. The van der Waals surface area contributed by atoms with Crippen LogP contribution in [-0.2, 0) is 10.5 Å². The maximum atomic E-state index is 12.2. The molecule has 0 aliphatic carbocycles. The van der Waals surface area contributed by atoms with E-state index in [1.54, 1.807) is 18.1 Å². The van der Waals surface area contributed by atoms with Gasteiger partial charge in [-0.2, -0.15) is 11.8 Å². The molecule has 0 fully saturated rings. The Morgan fingerprint density at radius 3 is 3.13 bits per heavy atom. The summed E-state index contributed by atoms with van der Waals surface area (Å²) in [6, 6.07) is 7.72. The van der Waals surface area contributed by atoms with Crippen molar-refractivity contribution in [3.63, 3.8) is 0 Å². The molecule has 0 spiro atoms. The number of benzene rings is 1. The number of hydrogen-bond acceptors (Lipinski definition) is 4. The van der Waals surface area contributed by atoms with E-state index in [1.165, 1.54) is 0 Å². The molecule has 1 aromatic heterocycles. The summed E-state index contributed by atoms with van der Waals surface area (Å²) >= 11 is 1.75. The van der Waals surface area contributed by atoms with Gasteiger partial charge in [-0.1, -0.05) is 18.2 Å². The summed E-state index contributed by atoms with van der Waals surface area (Å²) in [4.78, 5) is 19.5. The van der Waals surface area contributed by atoms with E-state index in [2.05, 4.69) is 15.3 Å². The van der Waals surface area contributed by atoms with E-state index in [9.17, 15) is 4.79 Å². The highest BCUT2D eigenvalue weighted by atomic mass is 32.2. The van der Waals surface area contributed by atoms with Crippen LogP contribution in [0.1, 0.15) is 17.0 Å². The predicted molar refractivity (Wildman–Crippen MR) is 92.4 cm³/mol. The van der Waals surface area contributed by atoms with Crippen LogP contribution in [0.4, 0.5) is 0 Å². The van der Waals surface area contributed by atoms with E-state index in [0.717, 1.165) is 34.2 Å². The number of imidazole rings is 1. The van der Waals surface area contributed by atoms with Crippen LogP contribution in [0.25, 0.3) is 6.08 Å². The zero-order chi connectivity index (χ0) is 16.1. The Morgan fingerprint density at radius 1 is 1.43 bits per heavy atom. The van der Waals surface area contributed by atoms with E-state index in [-0.39, 0.29) is 5.91 Å². The highest BCUT2D eigenvalue weighted by Crippen LogP contribution is 2.25. The Labute approximate surface area is 139 Å². The topological polar surface area (TPSA) is 67.0 Å². The molecule has 2 heterocycles. The summed E-state index contributed by atoms with van der Waals surface area (Å²) in [7, 11) is 0. The van der Waals surface area contributed by atoms with E-state index < -0.39 is 0 Å². The van der Waals surface area contributed by atoms with E-state index in [0.29, 0.717) is 18.7 Å². The SMILES string of the molecule is Cc1[nH]cnc1CSCCNC(=O)C1=Cc2ccccc2OC1. The van der Waals surface area contributed by atoms with Gasteiger partial charge in [0.2, 0.25) is 0 Å². The van der Waals surface area contributed by atoms with Gasteiger partial charge in [-0.05, 0) is 19.1 Å². The first-order valence-electron chi connectivity index (χ1n) is 7.51. The predicted octanol–water partition coefficient (Wildman–Crippen LogP) is 2.54. The Balaban J connectivity index is 1.43. The van der Waals surface area contributed by atoms with Crippen molar-refractivity contribution in [2.45, 2.75) is 12.7 Å². The largest absolute Gasteiger partial charge is 0.488 e. The minimum absolute atomic E-state index is 0.0592. The van der Waals surface area contributed by atoms with Crippen LogP contribution < -0.4 is 10.1 Å². The number of amides is 1. The fourth-order valence-corrected chi connectivity index (χ4v) is 3.17. The lowest BCUT2D eigenvalue weighted by molar-refractivity contribution is -0.117. The monoisotopic (exact) mass is 329 g/mol. The van der Waals surface area contributed by atoms with Gasteiger partial charge in [-0.3, -0.25) is 4.79 Å². The second kappa shape index (κ2) is 7.37. The average Bonchev–Trinajstić information content (AvgIpc) is 2.99. The molecule has 23 heavy (non-hydrogen) atoms. The van der Waals surface area contributed by atoms with Crippen molar-refractivity contribution in [1.82, 2.24) is 15.3 Å². The number of fused-ring (bicyclic) bond motifs is 1. The van der Waals surface area contributed by atoms with E-state index >= 15 is 0 Å². The van der Waals surface area contributed by atoms with Crippen LogP contribution in [0.15, 0.2) is 36.2 Å². The minimum atomic E-state index is -0.0592. The number of aromatic nitrogens is 2. The van der Waals surface area contributed by atoms with Crippen molar-refractivity contribution in [3.05, 3.63) is 53.1 Å². The normalized spacial score (nSPS) is 13.0. The van der Waals surface area contributed by atoms with Crippen LogP contribution in [0.5, 0.6) is 5.75 Å². The molecule has 1 aliphatic rings. The highest BCUT2D eigenvalue weighted by molar-refractivity contribution is 7.98. The lowest BCUT2D eigenvalue weighted by atomic mass is 10.1. The number of aromatic amines is 1. The fraction of sp³-hybridized carbons (Fsp3) is 0.294. The smallest absolute Gasteiger partial charge is 0.250 e. The Kier molecular flexibility index (Phi) is 5.02. The lowest BCUT2D eigenvalue weighted by Crippen LogP contribution is -2.30. The second-order valence-electron chi connectivity index (χ2n) is 5.28. The van der Waals surface area contributed by atoms with Crippen LogP contribution in [-0.4, -0.2) is 34.8 Å². The first kappa shape index (κ1) is 15.7. The Hall–Kier alpha value is -2.21. The first-order valence-corrected chi connectivity index (χ1v) is 8.66. The van der Waals surface area contributed by atoms with Crippen LogP contribution in [0, 0.1) is 6.92 Å². The summed E-state index contributed by atoms with van der Waals surface area (Å²) < 4.78 is 5.60. The second-order valence-corrected chi connectivity index (χ2v) is 6.38. The third-order valence-electron chi connectivity index (χ3n) is 3.63. The molecule has 5 nitrogen and oxygen atoms in total. The number of nitrogens with one attached hydrogen (secondary N) is 2. The molecular formula is C17H19N3O2S. The number of thioether (sulfide) groups is 1. The van der Waals surface area contributed by atoms with Crippen LogP contribution in [0.3, 0.4) is 0 Å². The maximum absolute atomic E-state index is 12.2. The minimum Gasteiger partial charge on any atom is -0.488 e. The summed E-state index contributed by atoms with van der Waals surface area (Å²) in [5, 5.41) is 2.94. The van der Waals surface area contributed by atoms with Crippen molar-refractivity contribution >= 4 is 23.7 Å². The van der Waals surface area contributed by atoms with Gasteiger partial charge in [-0.15, -0.1) is 0 Å². The number of carbonyl (C=O) groups excluding carboxylic acids is 1. The molecule has 2 N–H and O–H groups in total. The molecule has 0 radical (unpaired) electrons. The van der Waals surface area contributed by atoms with Gasteiger partial charge >= 0.3 is 0 Å². The third-order valence-corrected chi connectivity index (χ3v) is 4.60. The van der Waals surface area contributed by atoms with Gasteiger partial charge < -0.3 is 15.0 Å². The molecule has 1 aromatic carbocycles. The van der Waals surface area contributed by atoms with Gasteiger partial charge in [0.05, 0.1) is 17.6 Å². The molecule has 0 saturated carbocycles. The van der Waals surface area contributed by atoms with Crippen LogP contribution in [0.2, 0.25) is 0 Å². The molecule has 0 bridgehead atoms. The van der Waals surface area contributed by atoms with Crippen LogP contribution >= 0.6 is 11.8 Å². The van der Waals surface area contributed by atoms with Gasteiger partial charge in [0.25, 0.3) is 5.91 Å². The average molecular weight is 329 g/mol. The molecule has 3 rings (SSSR count). The van der Waals surface area contributed by atoms with Gasteiger partial charge in [0.1, 0.15) is 12.4 Å². The molecule has 1 amide bonds. The van der Waals surface area contributed by atoms with Crippen molar-refractivity contribution in [2.24, 2.45) is 0 Å². The summed E-state index contributed by atoms with van der Waals surface area (Å²) in [6.07, 6.45) is 3.61. The molecule has 120 valence electrons. The van der Waals surface area contributed by atoms with E-state index in [4.69, 9.17) is 4.74 Å². The molecule has 0 saturated heterocycles. The standard InChI is InChI=1S/C17H19N3O2S/c1-12-15(20-11-19-12)10-23-7-6-18-17(21)14-8-13-4-2-3-5-16(13)22-9-14/h2-5,8,11H,6-7,9-10H2,1H3,(H,18,21)(H,19,20). The Bertz CT molecular complexity index is 724. The maximum Gasteiger partial charge on any atom is 0.250 e. The number of para-hydroxylation sites is 1. The number of nitrogens with zero attached hydrogens (tertiary/aromatic N) is 1.